The second kappa shape index (κ2) is 5.55. The van der Waals surface area contributed by atoms with Crippen molar-refractivity contribution in [1.29, 1.82) is 0 Å². The number of nitrogens with one attached hydrogen (secondary N) is 1. The summed E-state index contributed by atoms with van der Waals surface area (Å²) in [5, 5.41) is 3.82. The molecule has 3 heteroatoms. The second-order valence-electron chi connectivity index (χ2n) is 4.94. The monoisotopic (exact) mass is 228 g/mol. The molecule has 2 fully saturated rings. The van der Waals surface area contributed by atoms with Crippen LogP contribution in [0.25, 0.3) is 0 Å². The molecule has 1 N–H and O–H groups in total. The van der Waals surface area contributed by atoms with Crippen molar-refractivity contribution in [2.75, 3.05) is 25.1 Å². The standard InChI is InChI=1S/C12H24N2S/c1-3-10(9-15-2)13-11-6-7-14(8-11)12-4-5-12/h10-13H,3-9H2,1-2H3. The molecule has 1 aliphatic heterocycles. The molecule has 1 heterocycles. The second-order valence-corrected chi connectivity index (χ2v) is 5.85. The molecule has 1 aliphatic carbocycles. The van der Waals surface area contributed by atoms with Gasteiger partial charge in [0.05, 0.1) is 0 Å². The van der Waals surface area contributed by atoms with Crippen LogP contribution in [-0.2, 0) is 0 Å². The zero-order valence-corrected chi connectivity index (χ0v) is 10.9. The van der Waals surface area contributed by atoms with Gasteiger partial charge in [0.15, 0.2) is 0 Å². The Morgan fingerprint density at radius 1 is 1.40 bits per heavy atom. The Bertz CT molecular complexity index is 194. The van der Waals surface area contributed by atoms with Gasteiger partial charge in [-0.25, -0.2) is 0 Å². The van der Waals surface area contributed by atoms with Crippen LogP contribution in [0.2, 0.25) is 0 Å². The van der Waals surface area contributed by atoms with E-state index in [1.54, 1.807) is 0 Å². The van der Waals surface area contributed by atoms with Crippen LogP contribution in [-0.4, -0.2) is 48.1 Å². The fourth-order valence-corrected chi connectivity index (χ4v) is 3.25. The number of hydrogen-bond acceptors (Lipinski definition) is 3. The minimum Gasteiger partial charge on any atom is -0.309 e. The van der Waals surface area contributed by atoms with E-state index < -0.39 is 0 Å². The zero-order valence-electron chi connectivity index (χ0n) is 10.0. The van der Waals surface area contributed by atoms with Crippen LogP contribution in [0, 0.1) is 0 Å². The molecular weight excluding hydrogens is 204 g/mol. The minimum absolute atomic E-state index is 0.726. The van der Waals surface area contributed by atoms with Crippen molar-refractivity contribution in [3.8, 4) is 0 Å². The van der Waals surface area contributed by atoms with Crippen molar-refractivity contribution in [3.63, 3.8) is 0 Å². The maximum atomic E-state index is 3.82. The number of rotatable bonds is 6. The van der Waals surface area contributed by atoms with Gasteiger partial charge in [0.2, 0.25) is 0 Å². The van der Waals surface area contributed by atoms with Crippen LogP contribution < -0.4 is 5.32 Å². The third-order valence-corrected chi connectivity index (χ3v) is 4.35. The molecule has 0 spiro atoms. The van der Waals surface area contributed by atoms with Crippen LogP contribution >= 0.6 is 11.8 Å². The molecule has 0 aromatic carbocycles. The maximum Gasteiger partial charge on any atom is 0.0210 e. The SMILES string of the molecule is CCC(CSC)NC1CCN(C2CC2)C1. The minimum atomic E-state index is 0.726. The van der Waals surface area contributed by atoms with Crippen molar-refractivity contribution in [1.82, 2.24) is 10.2 Å². The summed E-state index contributed by atoms with van der Waals surface area (Å²) in [5.74, 6) is 1.26. The molecule has 1 saturated heterocycles. The topological polar surface area (TPSA) is 15.3 Å². The molecule has 2 aliphatic rings. The van der Waals surface area contributed by atoms with Crippen LogP contribution in [0.5, 0.6) is 0 Å². The third-order valence-electron chi connectivity index (χ3n) is 3.61. The van der Waals surface area contributed by atoms with E-state index in [0.29, 0.717) is 0 Å². The normalized spacial score (nSPS) is 29.6. The molecule has 0 amide bonds. The first kappa shape index (κ1) is 11.7. The fourth-order valence-electron chi connectivity index (χ4n) is 2.51. The quantitative estimate of drug-likeness (QED) is 0.748. The summed E-state index contributed by atoms with van der Waals surface area (Å²) in [4.78, 5) is 2.68. The average Bonchev–Trinajstić information content (AvgIpc) is 2.99. The summed E-state index contributed by atoms with van der Waals surface area (Å²) in [5.41, 5.74) is 0. The highest BCUT2D eigenvalue weighted by Gasteiger charge is 2.34. The van der Waals surface area contributed by atoms with Gasteiger partial charge in [-0.1, -0.05) is 6.92 Å². The van der Waals surface area contributed by atoms with E-state index in [1.807, 2.05) is 11.8 Å². The van der Waals surface area contributed by atoms with Gasteiger partial charge in [-0.3, -0.25) is 4.90 Å². The predicted molar refractivity (Wildman–Crippen MR) is 68.6 cm³/mol. The Morgan fingerprint density at radius 2 is 2.20 bits per heavy atom. The van der Waals surface area contributed by atoms with E-state index in [2.05, 4.69) is 23.4 Å². The lowest BCUT2D eigenvalue weighted by molar-refractivity contribution is 0.313. The van der Waals surface area contributed by atoms with Gasteiger partial charge < -0.3 is 5.32 Å². The molecule has 1 saturated carbocycles. The van der Waals surface area contributed by atoms with E-state index in [0.717, 1.165) is 18.1 Å². The molecule has 2 nitrogen and oxygen atoms in total. The van der Waals surface area contributed by atoms with E-state index >= 15 is 0 Å². The van der Waals surface area contributed by atoms with Crippen molar-refractivity contribution in [2.24, 2.45) is 0 Å². The average molecular weight is 228 g/mol. The summed E-state index contributed by atoms with van der Waals surface area (Å²) >= 11 is 1.96. The molecule has 0 bridgehead atoms. The Hall–Kier alpha value is 0.270. The highest BCUT2D eigenvalue weighted by Crippen LogP contribution is 2.29. The third kappa shape index (κ3) is 3.36. The largest absolute Gasteiger partial charge is 0.309 e. The van der Waals surface area contributed by atoms with Crippen molar-refractivity contribution in [2.45, 2.75) is 50.7 Å². The smallest absolute Gasteiger partial charge is 0.0210 e. The number of nitrogens with zero attached hydrogens (tertiary/aromatic N) is 1. The number of hydrogen-bond donors (Lipinski definition) is 1. The summed E-state index contributed by atoms with van der Waals surface area (Å²) in [6.45, 7) is 4.93. The number of likely N-dealkylation sites (tertiary alicyclic amines) is 1. The van der Waals surface area contributed by atoms with Gasteiger partial charge in [-0.05, 0) is 31.9 Å². The van der Waals surface area contributed by atoms with Gasteiger partial charge in [0, 0.05) is 37.0 Å². The Morgan fingerprint density at radius 3 is 2.80 bits per heavy atom. The van der Waals surface area contributed by atoms with E-state index in [4.69, 9.17) is 0 Å². The Kier molecular flexibility index (Phi) is 4.35. The summed E-state index contributed by atoms with van der Waals surface area (Å²) < 4.78 is 0. The van der Waals surface area contributed by atoms with Crippen LogP contribution in [0.3, 0.4) is 0 Å². The van der Waals surface area contributed by atoms with Crippen molar-refractivity contribution in [3.05, 3.63) is 0 Å². The molecule has 15 heavy (non-hydrogen) atoms. The molecular formula is C12H24N2S. The first-order valence-electron chi connectivity index (χ1n) is 6.32. The molecule has 88 valence electrons. The lowest BCUT2D eigenvalue weighted by Gasteiger charge is -2.21. The lowest BCUT2D eigenvalue weighted by Crippen LogP contribution is -2.41. The maximum absolute atomic E-state index is 3.82. The lowest BCUT2D eigenvalue weighted by atomic mass is 10.2. The van der Waals surface area contributed by atoms with E-state index in [1.165, 1.54) is 44.5 Å². The van der Waals surface area contributed by atoms with Crippen molar-refractivity contribution < 1.29 is 0 Å². The van der Waals surface area contributed by atoms with Gasteiger partial charge in [-0.15, -0.1) is 0 Å². The van der Waals surface area contributed by atoms with Gasteiger partial charge in [0.25, 0.3) is 0 Å². The molecule has 2 atom stereocenters. The summed E-state index contributed by atoms with van der Waals surface area (Å²) in [7, 11) is 0. The molecule has 2 rings (SSSR count). The predicted octanol–water partition coefficient (Wildman–Crippen LogP) is 1.95. The van der Waals surface area contributed by atoms with Crippen LogP contribution in [0.15, 0.2) is 0 Å². The highest BCUT2D eigenvalue weighted by atomic mass is 32.2. The summed E-state index contributed by atoms with van der Waals surface area (Å²) in [6, 6.07) is 2.45. The van der Waals surface area contributed by atoms with E-state index in [9.17, 15) is 0 Å². The Labute approximate surface area is 98.2 Å². The molecule has 0 radical (unpaired) electrons. The summed E-state index contributed by atoms with van der Waals surface area (Å²) in [6.07, 6.45) is 7.74. The molecule has 0 aromatic heterocycles. The van der Waals surface area contributed by atoms with Gasteiger partial charge in [-0.2, -0.15) is 11.8 Å². The van der Waals surface area contributed by atoms with Crippen molar-refractivity contribution >= 4 is 11.8 Å². The van der Waals surface area contributed by atoms with E-state index in [-0.39, 0.29) is 0 Å². The Balaban J connectivity index is 1.70. The van der Waals surface area contributed by atoms with Crippen LogP contribution in [0.1, 0.15) is 32.6 Å². The highest BCUT2D eigenvalue weighted by molar-refractivity contribution is 7.98. The molecule has 0 aromatic rings. The zero-order chi connectivity index (χ0) is 10.7. The van der Waals surface area contributed by atoms with Crippen LogP contribution in [0.4, 0.5) is 0 Å². The van der Waals surface area contributed by atoms with Gasteiger partial charge in [0.1, 0.15) is 0 Å². The fraction of sp³-hybridized carbons (Fsp3) is 1.00. The van der Waals surface area contributed by atoms with Gasteiger partial charge >= 0.3 is 0 Å². The first-order valence-corrected chi connectivity index (χ1v) is 7.72. The number of thioether (sulfide) groups is 1. The first-order chi connectivity index (χ1) is 7.33. The molecule has 2 unspecified atom stereocenters.